The van der Waals surface area contributed by atoms with E-state index in [1.54, 1.807) is 19.1 Å². The van der Waals surface area contributed by atoms with E-state index in [1.165, 1.54) is 14.0 Å². The average molecular weight is 276 g/mol. The van der Waals surface area contributed by atoms with Crippen molar-refractivity contribution < 1.29 is 14.3 Å². The van der Waals surface area contributed by atoms with Gasteiger partial charge < -0.3 is 15.0 Å². The highest BCUT2D eigenvalue weighted by Crippen LogP contribution is 2.22. The first-order chi connectivity index (χ1) is 9.49. The summed E-state index contributed by atoms with van der Waals surface area (Å²) in [7, 11) is 1.36. The topological polar surface area (TPSA) is 58.6 Å². The van der Waals surface area contributed by atoms with Gasteiger partial charge in [-0.2, -0.15) is 0 Å². The van der Waals surface area contributed by atoms with Gasteiger partial charge in [0.2, 0.25) is 5.91 Å². The fraction of sp³-hybridized carbons (Fsp3) is 0.333. The van der Waals surface area contributed by atoms with Gasteiger partial charge in [0.25, 0.3) is 0 Å². The molecule has 5 nitrogen and oxygen atoms in total. The van der Waals surface area contributed by atoms with Crippen molar-refractivity contribution in [1.82, 2.24) is 0 Å². The molecule has 0 saturated heterocycles. The van der Waals surface area contributed by atoms with E-state index in [1.807, 2.05) is 23.1 Å². The molecule has 1 amide bonds. The van der Waals surface area contributed by atoms with Gasteiger partial charge >= 0.3 is 5.97 Å². The Hall–Kier alpha value is -2.30. The van der Waals surface area contributed by atoms with Gasteiger partial charge in [0.15, 0.2) is 0 Å². The monoisotopic (exact) mass is 276 g/mol. The van der Waals surface area contributed by atoms with Gasteiger partial charge in [-0.25, -0.2) is 4.79 Å². The number of carbonyl (C=O) groups is 2. The van der Waals surface area contributed by atoms with Crippen molar-refractivity contribution in [2.45, 2.75) is 19.9 Å². The molecule has 1 rings (SSSR count). The van der Waals surface area contributed by atoms with Gasteiger partial charge in [0.05, 0.1) is 7.11 Å². The van der Waals surface area contributed by atoms with Crippen molar-refractivity contribution in [2.24, 2.45) is 0 Å². The highest BCUT2D eigenvalue weighted by Gasteiger charge is 2.21. The van der Waals surface area contributed by atoms with Gasteiger partial charge in [-0.05, 0) is 25.1 Å². The van der Waals surface area contributed by atoms with Crippen molar-refractivity contribution in [3.8, 4) is 0 Å². The van der Waals surface area contributed by atoms with Crippen LogP contribution >= 0.6 is 0 Å². The number of hydrogen-bond donors (Lipinski definition) is 1. The number of amides is 1. The third-order valence-electron chi connectivity index (χ3n) is 2.83. The van der Waals surface area contributed by atoms with Crippen LogP contribution in [0.4, 0.5) is 11.4 Å². The number of benzene rings is 1. The van der Waals surface area contributed by atoms with Crippen LogP contribution in [-0.2, 0) is 14.3 Å². The fourth-order valence-corrected chi connectivity index (χ4v) is 1.89. The number of nitrogens with zero attached hydrogens (tertiary/aromatic N) is 1. The molecule has 20 heavy (non-hydrogen) atoms. The Morgan fingerprint density at radius 3 is 2.75 bits per heavy atom. The van der Waals surface area contributed by atoms with Crippen LogP contribution < -0.4 is 10.2 Å². The summed E-state index contributed by atoms with van der Waals surface area (Å²) in [6.07, 6.45) is 1.71. The first-order valence-corrected chi connectivity index (χ1v) is 6.32. The van der Waals surface area contributed by atoms with Crippen molar-refractivity contribution in [3.63, 3.8) is 0 Å². The Morgan fingerprint density at radius 1 is 1.50 bits per heavy atom. The Morgan fingerprint density at radius 2 is 2.20 bits per heavy atom. The average Bonchev–Trinajstić information content (AvgIpc) is 2.42. The van der Waals surface area contributed by atoms with E-state index in [0.29, 0.717) is 12.2 Å². The summed E-state index contributed by atoms with van der Waals surface area (Å²) in [5.41, 5.74) is 1.50. The molecule has 1 unspecified atom stereocenters. The van der Waals surface area contributed by atoms with Crippen LogP contribution in [0.1, 0.15) is 13.8 Å². The van der Waals surface area contributed by atoms with Crippen molar-refractivity contribution in [3.05, 3.63) is 36.9 Å². The second-order valence-electron chi connectivity index (χ2n) is 4.37. The molecule has 0 saturated carbocycles. The standard InChI is InChI=1S/C15H20N2O3/c1-5-9-17(11(2)15(19)20-4)14-8-6-7-13(10-14)16-12(3)18/h5-8,10-11H,1,9H2,2-4H3,(H,16,18). The largest absolute Gasteiger partial charge is 0.467 e. The van der Waals surface area contributed by atoms with E-state index in [4.69, 9.17) is 4.74 Å². The van der Waals surface area contributed by atoms with Crippen LogP contribution in [0.3, 0.4) is 0 Å². The lowest BCUT2D eigenvalue weighted by Crippen LogP contribution is -2.40. The van der Waals surface area contributed by atoms with E-state index in [0.717, 1.165) is 5.69 Å². The zero-order chi connectivity index (χ0) is 15.1. The van der Waals surface area contributed by atoms with Crippen LogP contribution in [-0.4, -0.2) is 31.6 Å². The number of carbonyl (C=O) groups excluding carboxylic acids is 2. The second-order valence-corrected chi connectivity index (χ2v) is 4.37. The Labute approximate surface area is 119 Å². The third-order valence-corrected chi connectivity index (χ3v) is 2.83. The third kappa shape index (κ3) is 4.12. The summed E-state index contributed by atoms with van der Waals surface area (Å²) in [6, 6.07) is 6.85. The minimum absolute atomic E-state index is 0.140. The molecule has 108 valence electrons. The number of ether oxygens (including phenoxy) is 1. The molecule has 1 aromatic rings. The number of methoxy groups -OCH3 is 1. The molecule has 0 aliphatic heterocycles. The molecule has 0 heterocycles. The highest BCUT2D eigenvalue weighted by molar-refractivity contribution is 5.89. The summed E-state index contributed by atoms with van der Waals surface area (Å²) < 4.78 is 4.77. The van der Waals surface area contributed by atoms with Gasteiger partial charge in [-0.3, -0.25) is 4.79 Å². The number of anilines is 2. The molecule has 1 atom stereocenters. The second kappa shape index (κ2) is 7.33. The predicted molar refractivity (Wildman–Crippen MR) is 79.8 cm³/mol. The Bertz CT molecular complexity index is 500. The van der Waals surface area contributed by atoms with Gasteiger partial charge in [0, 0.05) is 24.8 Å². The van der Waals surface area contributed by atoms with Crippen LogP contribution in [0.25, 0.3) is 0 Å². The number of rotatable bonds is 6. The smallest absolute Gasteiger partial charge is 0.328 e. The maximum atomic E-state index is 11.7. The molecule has 0 radical (unpaired) electrons. The molecule has 0 aromatic heterocycles. The Kier molecular flexibility index (Phi) is 5.77. The van der Waals surface area contributed by atoms with E-state index in [9.17, 15) is 9.59 Å². The number of esters is 1. The van der Waals surface area contributed by atoms with E-state index in [2.05, 4.69) is 11.9 Å². The molecule has 0 aliphatic rings. The summed E-state index contributed by atoms with van der Waals surface area (Å²) in [5, 5.41) is 2.72. The van der Waals surface area contributed by atoms with Gasteiger partial charge in [-0.15, -0.1) is 6.58 Å². The minimum atomic E-state index is -0.439. The maximum Gasteiger partial charge on any atom is 0.328 e. The highest BCUT2D eigenvalue weighted by atomic mass is 16.5. The zero-order valence-corrected chi connectivity index (χ0v) is 12.1. The molecule has 0 aliphatic carbocycles. The van der Waals surface area contributed by atoms with Crippen LogP contribution in [0.5, 0.6) is 0 Å². The molecule has 0 bridgehead atoms. The predicted octanol–water partition coefficient (Wildman–Crippen LogP) is 2.20. The summed E-state index contributed by atoms with van der Waals surface area (Å²) in [6.45, 7) is 7.41. The lowest BCUT2D eigenvalue weighted by Gasteiger charge is -2.28. The summed E-state index contributed by atoms with van der Waals surface area (Å²) in [5.74, 6) is -0.463. The number of nitrogens with one attached hydrogen (secondary N) is 1. The minimum Gasteiger partial charge on any atom is -0.467 e. The van der Waals surface area contributed by atoms with Crippen LogP contribution in [0, 0.1) is 0 Å². The van der Waals surface area contributed by atoms with Gasteiger partial charge in [0.1, 0.15) is 6.04 Å². The summed E-state index contributed by atoms with van der Waals surface area (Å²) >= 11 is 0. The van der Waals surface area contributed by atoms with E-state index in [-0.39, 0.29) is 11.9 Å². The van der Waals surface area contributed by atoms with Crippen LogP contribution in [0.15, 0.2) is 36.9 Å². The lowest BCUT2D eigenvalue weighted by atomic mass is 10.2. The first kappa shape index (κ1) is 15.8. The molecule has 5 heteroatoms. The molecule has 0 spiro atoms. The van der Waals surface area contributed by atoms with Crippen molar-refractivity contribution >= 4 is 23.3 Å². The molecular formula is C15H20N2O3. The SMILES string of the molecule is C=CCN(c1cccc(NC(C)=O)c1)C(C)C(=O)OC. The normalized spacial score (nSPS) is 11.3. The van der Waals surface area contributed by atoms with E-state index < -0.39 is 6.04 Å². The molecule has 1 N–H and O–H groups in total. The number of hydrogen-bond acceptors (Lipinski definition) is 4. The van der Waals surface area contributed by atoms with Crippen molar-refractivity contribution in [1.29, 1.82) is 0 Å². The molecule has 0 fully saturated rings. The van der Waals surface area contributed by atoms with E-state index >= 15 is 0 Å². The molecular weight excluding hydrogens is 256 g/mol. The van der Waals surface area contributed by atoms with Crippen LogP contribution in [0.2, 0.25) is 0 Å². The Balaban J connectivity index is 3.04. The maximum absolute atomic E-state index is 11.7. The first-order valence-electron chi connectivity index (χ1n) is 6.32. The summed E-state index contributed by atoms with van der Waals surface area (Å²) in [4.78, 5) is 24.6. The molecule has 1 aromatic carbocycles. The van der Waals surface area contributed by atoms with Crippen molar-refractivity contribution in [2.75, 3.05) is 23.9 Å². The lowest BCUT2D eigenvalue weighted by molar-refractivity contribution is -0.141. The van der Waals surface area contributed by atoms with Gasteiger partial charge in [-0.1, -0.05) is 12.1 Å². The fourth-order valence-electron chi connectivity index (χ4n) is 1.89. The zero-order valence-electron chi connectivity index (χ0n) is 12.1. The quantitative estimate of drug-likeness (QED) is 0.639.